The molecule has 0 atom stereocenters. The molecule has 0 unspecified atom stereocenters. The molecule has 9 heteroatoms. The van der Waals surface area contributed by atoms with Crippen molar-refractivity contribution in [2.45, 2.75) is 26.9 Å². The number of para-hydroxylation sites is 1. The van der Waals surface area contributed by atoms with E-state index in [0.717, 1.165) is 11.1 Å². The van der Waals surface area contributed by atoms with Gasteiger partial charge in [-0.3, -0.25) is 23.9 Å². The minimum Gasteiger partial charge on any atom is -0.377 e. The molecule has 9 nitrogen and oxygen atoms in total. The molecule has 2 aromatic carbocycles. The van der Waals surface area contributed by atoms with E-state index in [2.05, 4.69) is 15.5 Å². The van der Waals surface area contributed by atoms with Crippen LogP contribution in [0.4, 0.5) is 11.4 Å². The molecule has 1 N–H and O–H groups in total. The Bertz CT molecular complexity index is 1270. The van der Waals surface area contributed by atoms with Crippen LogP contribution in [-0.2, 0) is 13.1 Å². The Morgan fingerprint density at radius 2 is 1.96 bits per heavy atom. The number of rotatable bonds is 5. The zero-order valence-electron chi connectivity index (χ0n) is 15.4. The summed E-state index contributed by atoms with van der Waals surface area (Å²) in [4.78, 5) is 23.3. The van der Waals surface area contributed by atoms with Crippen molar-refractivity contribution in [2.75, 3.05) is 5.32 Å². The average Bonchev–Trinajstić information content (AvgIpc) is 3.11. The number of nitrogens with one attached hydrogen (secondary N) is 1. The van der Waals surface area contributed by atoms with E-state index in [9.17, 15) is 14.9 Å². The number of aryl methyl sites for hydroxylation is 2. The van der Waals surface area contributed by atoms with E-state index >= 15 is 0 Å². The maximum Gasteiger partial charge on any atom is 0.271 e. The third kappa shape index (κ3) is 2.77. The largest absolute Gasteiger partial charge is 0.377 e. The average molecular weight is 378 g/mol. The van der Waals surface area contributed by atoms with Gasteiger partial charge in [0.25, 0.3) is 11.2 Å². The first-order valence-electron chi connectivity index (χ1n) is 8.85. The molecule has 0 aliphatic heterocycles. The fraction of sp³-hybridized carbons (Fsp3) is 0.211. The topological polar surface area (TPSA) is 107 Å². The Kier molecular flexibility index (Phi) is 4.26. The van der Waals surface area contributed by atoms with Crippen LogP contribution in [0.5, 0.6) is 0 Å². The minimum atomic E-state index is -0.426. The van der Waals surface area contributed by atoms with Gasteiger partial charge in [-0.25, -0.2) is 0 Å². The number of hydrogen-bond donors (Lipinski definition) is 1. The van der Waals surface area contributed by atoms with E-state index in [1.165, 1.54) is 12.1 Å². The number of nitro benzene ring substituents is 1. The van der Waals surface area contributed by atoms with E-state index in [1.54, 1.807) is 16.7 Å². The van der Waals surface area contributed by atoms with Gasteiger partial charge in [0.15, 0.2) is 5.82 Å². The van der Waals surface area contributed by atoms with E-state index in [1.807, 2.05) is 36.4 Å². The highest BCUT2D eigenvalue weighted by molar-refractivity contribution is 5.80. The highest BCUT2D eigenvalue weighted by Gasteiger charge is 2.16. The summed E-state index contributed by atoms with van der Waals surface area (Å²) in [6.45, 7) is 4.53. The lowest BCUT2D eigenvalue weighted by atomic mass is 10.2. The lowest BCUT2D eigenvalue weighted by Crippen LogP contribution is -2.23. The number of fused-ring (bicyclic) bond motifs is 3. The van der Waals surface area contributed by atoms with Gasteiger partial charge in [0.2, 0.25) is 5.78 Å². The molecule has 2 aromatic heterocycles. The number of non-ortho nitro benzene ring substituents is 1. The van der Waals surface area contributed by atoms with Crippen LogP contribution in [0, 0.1) is 17.0 Å². The second kappa shape index (κ2) is 6.76. The first kappa shape index (κ1) is 17.7. The Balaban J connectivity index is 1.81. The second-order valence-corrected chi connectivity index (χ2v) is 6.43. The molecule has 0 amide bonds. The molecule has 0 spiro atoms. The fourth-order valence-corrected chi connectivity index (χ4v) is 3.30. The van der Waals surface area contributed by atoms with E-state index in [4.69, 9.17) is 0 Å². The molecule has 4 aromatic rings. The van der Waals surface area contributed by atoms with Crippen molar-refractivity contribution in [2.24, 2.45) is 0 Å². The summed E-state index contributed by atoms with van der Waals surface area (Å²) in [5.41, 5.74) is 2.18. The van der Waals surface area contributed by atoms with Crippen LogP contribution >= 0.6 is 0 Å². The summed E-state index contributed by atoms with van der Waals surface area (Å²) in [5, 5.41) is 23.3. The summed E-state index contributed by atoms with van der Waals surface area (Å²) in [7, 11) is 0. The highest BCUT2D eigenvalue weighted by Crippen LogP contribution is 2.23. The standard InChI is InChI=1S/C19H18N6O3/c1-3-23-18(26)14-6-4-5-7-16(14)24-17(21-22-19(23)24)11-20-15-10-13(25(27)28)9-8-12(15)2/h4-10,20H,3,11H2,1-2H3. The van der Waals surface area contributed by atoms with Gasteiger partial charge in [0, 0.05) is 24.4 Å². The van der Waals surface area contributed by atoms with Crippen LogP contribution in [-0.4, -0.2) is 24.1 Å². The van der Waals surface area contributed by atoms with Crippen molar-refractivity contribution < 1.29 is 4.92 Å². The molecule has 0 bridgehead atoms. The van der Waals surface area contributed by atoms with Crippen LogP contribution in [0.3, 0.4) is 0 Å². The Hall–Kier alpha value is -3.75. The van der Waals surface area contributed by atoms with Gasteiger partial charge in [-0.15, -0.1) is 10.2 Å². The zero-order valence-corrected chi connectivity index (χ0v) is 15.4. The van der Waals surface area contributed by atoms with E-state index < -0.39 is 4.92 Å². The maximum absolute atomic E-state index is 12.7. The Morgan fingerprint density at radius 3 is 2.71 bits per heavy atom. The quantitative estimate of drug-likeness (QED) is 0.423. The van der Waals surface area contributed by atoms with Gasteiger partial charge < -0.3 is 5.32 Å². The smallest absolute Gasteiger partial charge is 0.271 e. The van der Waals surface area contributed by atoms with Crippen LogP contribution in [0.1, 0.15) is 18.3 Å². The number of nitro groups is 1. The first-order chi connectivity index (χ1) is 13.5. The SMILES string of the molecule is CCn1c(=O)c2ccccc2n2c(CNc3cc([N+](=O)[O-])ccc3C)nnc12. The maximum atomic E-state index is 12.7. The Morgan fingerprint density at radius 1 is 1.18 bits per heavy atom. The van der Waals surface area contributed by atoms with Crippen LogP contribution < -0.4 is 10.9 Å². The van der Waals surface area contributed by atoms with Gasteiger partial charge in [-0.1, -0.05) is 18.2 Å². The molecule has 0 saturated heterocycles. The second-order valence-electron chi connectivity index (χ2n) is 6.43. The molecule has 2 heterocycles. The molecule has 142 valence electrons. The van der Waals surface area contributed by atoms with E-state index in [-0.39, 0.29) is 11.2 Å². The summed E-state index contributed by atoms with van der Waals surface area (Å²) in [6, 6.07) is 12.0. The third-order valence-corrected chi connectivity index (χ3v) is 4.76. The minimum absolute atomic E-state index is 0.0180. The highest BCUT2D eigenvalue weighted by atomic mass is 16.6. The van der Waals surface area contributed by atoms with Gasteiger partial charge in [0.05, 0.1) is 22.4 Å². The van der Waals surface area contributed by atoms with Crippen LogP contribution in [0.25, 0.3) is 16.7 Å². The number of anilines is 1. The predicted molar refractivity (Wildman–Crippen MR) is 106 cm³/mol. The summed E-state index contributed by atoms with van der Waals surface area (Å²) in [6.07, 6.45) is 0. The van der Waals surface area contributed by atoms with Crippen molar-refractivity contribution in [3.63, 3.8) is 0 Å². The number of nitrogens with zero attached hydrogens (tertiary/aromatic N) is 5. The number of benzene rings is 2. The number of aromatic nitrogens is 4. The molecule has 0 aliphatic rings. The van der Waals surface area contributed by atoms with Crippen molar-refractivity contribution in [3.8, 4) is 0 Å². The summed E-state index contributed by atoms with van der Waals surface area (Å²) in [5.74, 6) is 1.08. The summed E-state index contributed by atoms with van der Waals surface area (Å²) >= 11 is 0. The molecular formula is C19H18N6O3. The molecular weight excluding hydrogens is 360 g/mol. The van der Waals surface area contributed by atoms with E-state index in [0.29, 0.717) is 35.8 Å². The fourth-order valence-electron chi connectivity index (χ4n) is 3.30. The lowest BCUT2D eigenvalue weighted by molar-refractivity contribution is -0.384. The molecule has 0 radical (unpaired) electrons. The third-order valence-electron chi connectivity index (χ3n) is 4.76. The summed E-state index contributed by atoms with van der Waals surface area (Å²) < 4.78 is 3.43. The van der Waals surface area contributed by atoms with Gasteiger partial charge >= 0.3 is 0 Å². The van der Waals surface area contributed by atoms with Crippen LogP contribution in [0.15, 0.2) is 47.3 Å². The number of hydrogen-bond acceptors (Lipinski definition) is 6. The van der Waals surface area contributed by atoms with Crippen molar-refractivity contribution >= 4 is 28.1 Å². The predicted octanol–water partition coefficient (Wildman–Crippen LogP) is 2.89. The van der Waals surface area contributed by atoms with Crippen molar-refractivity contribution in [1.29, 1.82) is 0 Å². The first-order valence-corrected chi connectivity index (χ1v) is 8.85. The molecule has 0 aliphatic carbocycles. The van der Waals surface area contributed by atoms with Crippen molar-refractivity contribution in [3.05, 3.63) is 74.3 Å². The van der Waals surface area contributed by atoms with Crippen molar-refractivity contribution in [1.82, 2.24) is 19.2 Å². The van der Waals surface area contributed by atoms with Crippen LogP contribution in [0.2, 0.25) is 0 Å². The van der Waals surface area contributed by atoms with Gasteiger partial charge in [-0.2, -0.15) is 0 Å². The zero-order chi connectivity index (χ0) is 19.8. The molecule has 0 saturated carbocycles. The molecule has 4 rings (SSSR count). The Labute approximate surface area is 159 Å². The lowest BCUT2D eigenvalue weighted by Gasteiger charge is -2.11. The normalized spacial score (nSPS) is 11.2. The van der Waals surface area contributed by atoms with Gasteiger partial charge in [0.1, 0.15) is 0 Å². The monoisotopic (exact) mass is 378 g/mol. The van der Waals surface area contributed by atoms with Gasteiger partial charge in [-0.05, 0) is 31.5 Å². The molecule has 0 fully saturated rings. The molecule has 28 heavy (non-hydrogen) atoms.